The number of Topliss-reactive ketones (excluding diaryl/α,β-unsaturated/α-hetero) is 1. The third kappa shape index (κ3) is 3.84. The van der Waals surface area contributed by atoms with Crippen LogP contribution in [-0.2, 0) is 11.2 Å². The molecule has 2 nitrogen and oxygen atoms in total. The van der Waals surface area contributed by atoms with Gasteiger partial charge in [0.05, 0.1) is 6.61 Å². The molecule has 126 valence electrons. The molecule has 3 rings (SSSR count). The molecule has 1 aliphatic rings. The molecule has 0 N–H and O–H groups in total. The largest absolute Gasteiger partial charge is 0.493 e. The van der Waals surface area contributed by atoms with E-state index in [1.165, 1.54) is 17.7 Å². The van der Waals surface area contributed by atoms with Gasteiger partial charge >= 0.3 is 0 Å². The maximum Gasteiger partial charge on any atom is 0.133 e. The number of carbonyl (C=O) groups excluding carboxylic acids is 1. The lowest BCUT2D eigenvalue weighted by Gasteiger charge is -2.11. The van der Waals surface area contributed by atoms with Crippen LogP contribution in [0.15, 0.2) is 42.5 Å². The van der Waals surface area contributed by atoms with Crippen LogP contribution in [0.2, 0.25) is 0 Å². The first-order valence-corrected chi connectivity index (χ1v) is 8.60. The molecule has 3 heteroatoms. The van der Waals surface area contributed by atoms with Crippen molar-refractivity contribution in [3.05, 3.63) is 53.8 Å². The highest BCUT2D eigenvalue weighted by Crippen LogP contribution is 2.42. The molecule has 1 fully saturated rings. The van der Waals surface area contributed by atoms with Gasteiger partial charge in [0.1, 0.15) is 17.3 Å². The number of hydrogen-bond donors (Lipinski definition) is 0. The zero-order valence-corrected chi connectivity index (χ0v) is 14.2. The average molecular weight is 326 g/mol. The summed E-state index contributed by atoms with van der Waals surface area (Å²) in [5, 5.41) is 0. The number of halogens is 1. The molecule has 0 aromatic heterocycles. The highest BCUT2D eigenvalue weighted by atomic mass is 19.1. The monoisotopic (exact) mass is 326 g/mol. The van der Waals surface area contributed by atoms with Crippen LogP contribution in [0.25, 0.3) is 11.1 Å². The van der Waals surface area contributed by atoms with Gasteiger partial charge in [0.2, 0.25) is 0 Å². The Kier molecular flexibility index (Phi) is 4.98. The van der Waals surface area contributed by atoms with Gasteiger partial charge in [-0.05, 0) is 68.4 Å². The smallest absolute Gasteiger partial charge is 0.133 e. The number of benzene rings is 2. The summed E-state index contributed by atoms with van der Waals surface area (Å²) in [6, 6.07) is 12.8. The van der Waals surface area contributed by atoms with Crippen LogP contribution in [0.3, 0.4) is 0 Å². The van der Waals surface area contributed by atoms with E-state index in [2.05, 4.69) is 12.1 Å². The third-order valence-electron chi connectivity index (χ3n) is 4.75. The zero-order valence-electron chi connectivity index (χ0n) is 14.2. The molecule has 1 aliphatic carbocycles. The highest BCUT2D eigenvalue weighted by Gasteiger charge is 2.39. The molecule has 1 saturated carbocycles. The third-order valence-corrected chi connectivity index (χ3v) is 4.75. The molecular weight excluding hydrogens is 303 g/mol. The molecule has 2 unspecified atom stereocenters. The maximum absolute atomic E-state index is 13.6. The second-order valence-corrected chi connectivity index (χ2v) is 6.52. The SMILES string of the molecule is CCOc1ccc(F)cc1-c1ccc(CCC2CC2C(C)=O)cc1. The van der Waals surface area contributed by atoms with Gasteiger partial charge in [-0.2, -0.15) is 0 Å². The van der Waals surface area contributed by atoms with Gasteiger partial charge in [-0.15, -0.1) is 0 Å². The normalized spacial score (nSPS) is 19.1. The Morgan fingerprint density at radius 2 is 1.96 bits per heavy atom. The van der Waals surface area contributed by atoms with Crippen LogP contribution in [-0.4, -0.2) is 12.4 Å². The first-order valence-electron chi connectivity index (χ1n) is 8.60. The topological polar surface area (TPSA) is 26.3 Å². The summed E-state index contributed by atoms with van der Waals surface area (Å²) in [6.07, 6.45) is 3.10. The minimum atomic E-state index is -0.262. The van der Waals surface area contributed by atoms with Gasteiger partial charge in [0.15, 0.2) is 0 Å². The van der Waals surface area contributed by atoms with Gasteiger partial charge in [-0.3, -0.25) is 4.79 Å². The van der Waals surface area contributed by atoms with Crippen molar-refractivity contribution in [3.63, 3.8) is 0 Å². The van der Waals surface area contributed by atoms with Crippen molar-refractivity contribution in [2.75, 3.05) is 6.61 Å². The summed E-state index contributed by atoms with van der Waals surface area (Å²) in [7, 11) is 0. The van der Waals surface area contributed by atoms with E-state index in [9.17, 15) is 9.18 Å². The number of rotatable bonds is 7. The molecule has 0 amide bonds. The Morgan fingerprint density at radius 1 is 1.21 bits per heavy atom. The summed E-state index contributed by atoms with van der Waals surface area (Å²) >= 11 is 0. The number of hydrogen-bond acceptors (Lipinski definition) is 2. The summed E-state index contributed by atoms with van der Waals surface area (Å²) < 4.78 is 19.2. The quantitative estimate of drug-likeness (QED) is 0.712. The molecular formula is C21H23FO2. The molecule has 0 saturated heterocycles. The molecule has 0 heterocycles. The van der Waals surface area contributed by atoms with Gasteiger partial charge in [0.25, 0.3) is 0 Å². The van der Waals surface area contributed by atoms with E-state index in [1.54, 1.807) is 13.0 Å². The van der Waals surface area contributed by atoms with Crippen LogP contribution >= 0.6 is 0 Å². The number of ketones is 1. The van der Waals surface area contributed by atoms with Crippen molar-refractivity contribution >= 4 is 5.78 Å². The standard InChI is InChI=1S/C21H23FO2/c1-3-24-21-11-10-18(22)13-20(21)16-7-4-15(5-8-16)6-9-17-12-19(17)14(2)23/h4-5,7-8,10-11,13,17,19H,3,6,9,12H2,1-2H3. The maximum atomic E-state index is 13.6. The van der Waals surface area contributed by atoms with E-state index < -0.39 is 0 Å². The molecule has 0 spiro atoms. The van der Waals surface area contributed by atoms with Gasteiger partial charge in [-0.1, -0.05) is 24.3 Å². The van der Waals surface area contributed by atoms with Crippen molar-refractivity contribution in [2.45, 2.75) is 33.1 Å². The van der Waals surface area contributed by atoms with Crippen molar-refractivity contribution in [1.82, 2.24) is 0 Å². The molecule has 24 heavy (non-hydrogen) atoms. The van der Waals surface area contributed by atoms with Gasteiger partial charge < -0.3 is 4.74 Å². The molecule has 0 radical (unpaired) electrons. The van der Waals surface area contributed by atoms with E-state index in [4.69, 9.17) is 4.74 Å². The predicted octanol–water partition coefficient (Wildman–Crippen LogP) is 5.05. The van der Waals surface area contributed by atoms with Crippen LogP contribution < -0.4 is 4.74 Å². The van der Waals surface area contributed by atoms with E-state index in [1.807, 2.05) is 19.1 Å². The number of ether oxygens (including phenoxy) is 1. The second kappa shape index (κ2) is 7.16. The van der Waals surface area contributed by atoms with Crippen LogP contribution in [0.4, 0.5) is 4.39 Å². The lowest BCUT2D eigenvalue weighted by atomic mass is 10.00. The van der Waals surface area contributed by atoms with Gasteiger partial charge in [0, 0.05) is 11.5 Å². The summed E-state index contributed by atoms with van der Waals surface area (Å²) in [5.41, 5.74) is 2.99. The lowest BCUT2D eigenvalue weighted by Crippen LogP contribution is -1.97. The minimum absolute atomic E-state index is 0.262. The van der Waals surface area contributed by atoms with Crippen molar-refractivity contribution in [1.29, 1.82) is 0 Å². The average Bonchev–Trinajstić information content (AvgIpc) is 3.35. The number of carbonyl (C=O) groups is 1. The van der Waals surface area contributed by atoms with E-state index in [-0.39, 0.29) is 5.82 Å². The Bertz CT molecular complexity index is 721. The van der Waals surface area contributed by atoms with Crippen molar-refractivity contribution in [3.8, 4) is 16.9 Å². The lowest BCUT2D eigenvalue weighted by molar-refractivity contribution is -0.118. The predicted molar refractivity (Wildman–Crippen MR) is 93.6 cm³/mol. The summed E-state index contributed by atoms with van der Waals surface area (Å²) in [4.78, 5) is 11.3. The Morgan fingerprint density at radius 3 is 2.58 bits per heavy atom. The van der Waals surface area contributed by atoms with E-state index in [0.29, 0.717) is 30.0 Å². The van der Waals surface area contributed by atoms with E-state index in [0.717, 1.165) is 30.4 Å². The minimum Gasteiger partial charge on any atom is -0.493 e. The molecule has 2 aromatic rings. The summed E-state index contributed by atoms with van der Waals surface area (Å²) in [5.74, 6) is 1.63. The van der Waals surface area contributed by atoms with Crippen molar-refractivity contribution < 1.29 is 13.9 Å². The van der Waals surface area contributed by atoms with Crippen LogP contribution in [0.5, 0.6) is 5.75 Å². The van der Waals surface area contributed by atoms with Crippen LogP contribution in [0.1, 0.15) is 32.3 Å². The van der Waals surface area contributed by atoms with Crippen LogP contribution in [0, 0.1) is 17.7 Å². The fourth-order valence-corrected chi connectivity index (χ4v) is 3.28. The second-order valence-electron chi connectivity index (χ2n) is 6.52. The summed E-state index contributed by atoms with van der Waals surface area (Å²) in [6.45, 7) is 4.16. The zero-order chi connectivity index (χ0) is 17.1. The number of aryl methyl sites for hydroxylation is 1. The first kappa shape index (κ1) is 16.7. The molecule has 0 bridgehead atoms. The Balaban J connectivity index is 1.68. The van der Waals surface area contributed by atoms with E-state index >= 15 is 0 Å². The Labute approximate surface area is 142 Å². The fourth-order valence-electron chi connectivity index (χ4n) is 3.28. The Hall–Kier alpha value is -2.16. The molecule has 2 aromatic carbocycles. The molecule has 2 atom stereocenters. The van der Waals surface area contributed by atoms with Crippen molar-refractivity contribution in [2.24, 2.45) is 11.8 Å². The first-order chi connectivity index (χ1) is 11.6. The molecule has 0 aliphatic heterocycles. The highest BCUT2D eigenvalue weighted by molar-refractivity contribution is 5.81. The van der Waals surface area contributed by atoms with Gasteiger partial charge in [-0.25, -0.2) is 4.39 Å². The fraction of sp³-hybridized carbons (Fsp3) is 0.381.